The molecule has 3 aromatic rings. The minimum atomic E-state index is -0.744. The lowest BCUT2D eigenvalue weighted by atomic mass is 9.72. The number of benzene rings is 2. The normalized spacial score (nSPS) is 18.4. The van der Waals surface area contributed by atoms with Crippen molar-refractivity contribution in [2.24, 2.45) is 0 Å². The van der Waals surface area contributed by atoms with Gasteiger partial charge in [0.1, 0.15) is 5.52 Å². The molecule has 1 fully saturated rings. The third-order valence-corrected chi connectivity index (χ3v) is 5.97. The van der Waals surface area contributed by atoms with E-state index in [1.54, 1.807) is 48.5 Å². The standard InChI is InChI=1S/C23H23N5O4/c1-2-23(13-11-19(29)25-22(23)32)15-7-9-16(10-8-15)24-20(30)12-14-28-21(31)17-5-3-4-6-18(17)26-27-28/h3-10H,2,11-14H2,1H3,(H,24,30)(H,25,29,32). The van der Waals surface area contributed by atoms with Gasteiger partial charge in [0.15, 0.2) is 0 Å². The van der Waals surface area contributed by atoms with Crippen molar-refractivity contribution in [2.45, 2.75) is 44.6 Å². The zero-order valence-corrected chi connectivity index (χ0v) is 17.6. The Morgan fingerprint density at radius 1 is 1.12 bits per heavy atom. The fourth-order valence-electron chi connectivity index (χ4n) is 4.04. The van der Waals surface area contributed by atoms with Crippen molar-refractivity contribution in [2.75, 3.05) is 5.32 Å². The lowest BCUT2D eigenvalue weighted by Crippen LogP contribution is -2.51. The van der Waals surface area contributed by atoms with Crippen LogP contribution in [0.2, 0.25) is 0 Å². The monoisotopic (exact) mass is 433 g/mol. The first-order valence-corrected chi connectivity index (χ1v) is 10.5. The average molecular weight is 433 g/mol. The predicted octanol–water partition coefficient (Wildman–Crippen LogP) is 1.90. The zero-order chi connectivity index (χ0) is 22.7. The summed E-state index contributed by atoms with van der Waals surface area (Å²) >= 11 is 0. The van der Waals surface area contributed by atoms with Gasteiger partial charge >= 0.3 is 0 Å². The zero-order valence-electron chi connectivity index (χ0n) is 17.6. The number of fused-ring (bicyclic) bond motifs is 1. The highest BCUT2D eigenvalue weighted by Gasteiger charge is 2.42. The first kappa shape index (κ1) is 21.4. The summed E-state index contributed by atoms with van der Waals surface area (Å²) in [5.74, 6) is -0.807. The maximum Gasteiger partial charge on any atom is 0.277 e. The molecule has 0 spiro atoms. The number of hydrogen-bond acceptors (Lipinski definition) is 6. The summed E-state index contributed by atoms with van der Waals surface area (Å²) in [5.41, 5.74) is 0.864. The molecule has 0 aliphatic carbocycles. The van der Waals surface area contributed by atoms with Gasteiger partial charge in [0.25, 0.3) is 5.56 Å². The highest BCUT2D eigenvalue weighted by molar-refractivity contribution is 6.03. The largest absolute Gasteiger partial charge is 0.326 e. The lowest BCUT2D eigenvalue weighted by molar-refractivity contribution is -0.138. The predicted molar refractivity (Wildman–Crippen MR) is 118 cm³/mol. The highest BCUT2D eigenvalue weighted by atomic mass is 16.2. The van der Waals surface area contributed by atoms with Gasteiger partial charge in [0.2, 0.25) is 17.7 Å². The Morgan fingerprint density at radius 2 is 1.88 bits per heavy atom. The van der Waals surface area contributed by atoms with Gasteiger partial charge in [-0.3, -0.25) is 24.5 Å². The van der Waals surface area contributed by atoms with E-state index in [1.807, 2.05) is 6.92 Å². The number of imide groups is 1. The number of carbonyl (C=O) groups excluding carboxylic acids is 3. The summed E-state index contributed by atoms with van der Waals surface area (Å²) in [6.07, 6.45) is 1.38. The van der Waals surface area contributed by atoms with Gasteiger partial charge in [-0.1, -0.05) is 36.4 Å². The Balaban J connectivity index is 1.41. The Bertz CT molecular complexity index is 1250. The van der Waals surface area contributed by atoms with Gasteiger partial charge in [-0.15, -0.1) is 5.10 Å². The van der Waals surface area contributed by atoms with Crippen molar-refractivity contribution in [3.05, 3.63) is 64.4 Å². The maximum atomic E-state index is 12.5. The molecule has 1 unspecified atom stereocenters. The number of nitrogens with zero attached hydrogens (tertiary/aromatic N) is 3. The van der Waals surface area contributed by atoms with Crippen LogP contribution >= 0.6 is 0 Å². The highest BCUT2D eigenvalue weighted by Crippen LogP contribution is 2.36. The molecule has 3 amide bonds. The number of carbonyl (C=O) groups is 3. The number of nitrogens with one attached hydrogen (secondary N) is 2. The Hall–Kier alpha value is -3.88. The molecule has 2 aromatic carbocycles. The number of anilines is 1. The van der Waals surface area contributed by atoms with Crippen LogP contribution in [0.3, 0.4) is 0 Å². The Kier molecular flexibility index (Phi) is 5.81. The van der Waals surface area contributed by atoms with E-state index in [-0.39, 0.29) is 36.2 Å². The summed E-state index contributed by atoms with van der Waals surface area (Å²) in [7, 11) is 0. The van der Waals surface area contributed by atoms with Crippen molar-refractivity contribution < 1.29 is 14.4 Å². The second-order valence-electron chi connectivity index (χ2n) is 7.82. The van der Waals surface area contributed by atoms with E-state index in [4.69, 9.17) is 0 Å². The summed E-state index contributed by atoms with van der Waals surface area (Å²) < 4.78 is 1.18. The van der Waals surface area contributed by atoms with Crippen molar-refractivity contribution in [1.82, 2.24) is 20.3 Å². The first-order chi connectivity index (χ1) is 15.4. The molecule has 1 aliphatic rings. The van der Waals surface area contributed by atoms with Gasteiger partial charge < -0.3 is 5.32 Å². The quantitative estimate of drug-likeness (QED) is 0.573. The molecule has 32 heavy (non-hydrogen) atoms. The van der Waals surface area contributed by atoms with Crippen LogP contribution in [0.4, 0.5) is 5.69 Å². The Morgan fingerprint density at radius 3 is 2.59 bits per heavy atom. The van der Waals surface area contributed by atoms with Gasteiger partial charge in [0, 0.05) is 18.5 Å². The third-order valence-electron chi connectivity index (χ3n) is 5.97. The second-order valence-corrected chi connectivity index (χ2v) is 7.82. The molecule has 1 saturated heterocycles. The molecule has 9 nitrogen and oxygen atoms in total. The molecule has 0 saturated carbocycles. The molecule has 0 radical (unpaired) electrons. The summed E-state index contributed by atoms with van der Waals surface area (Å²) in [4.78, 5) is 48.9. The van der Waals surface area contributed by atoms with Crippen LogP contribution in [0.25, 0.3) is 10.9 Å². The molecular formula is C23H23N5O4. The van der Waals surface area contributed by atoms with Crippen LogP contribution in [-0.2, 0) is 26.3 Å². The van der Waals surface area contributed by atoms with Crippen molar-refractivity contribution in [3.63, 3.8) is 0 Å². The van der Waals surface area contributed by atoms with Crippen molar-refractivity contribution >= 4 is 34.3 Å². The number of hydrogen-bond donors (Lipinski definition) is 2. The third kappa shape index (κ3) is 4.01. The summed E-state index contributed by atoms with van der Waals surface area (Å²) in [6.45, 7) is 2.02. The van der Waals surface area contributed by atoms with E-state index in [0.717, 1.165) is 5.56 Å². The van der Waals surface area contributed by atoms with Crippen molar-refractivity contribution in [3.8, 4) is 0 Å². The fourth-order valence-corrected chi connectivity index (χ4v) is 4.04. The molecule has 1 aliphatic heterocycles. The van der Waals surface area contributed by atoms with Crippen LogP contribution in [0.5, 0.6) is 0 Å². The summed E-state index contributed by atoms with van der Waals surface area (Å²) in [6, 6.07) is 14.0. The van der Waals surface area contributed by atoms with Crippen LogP contribution in [0.15, 0.2) is 53.3 Å². The number of rotatable bonds is 6. The van der Waals surface area contributed by atoms with Gasteiger partial charge in [-0.25, -0.2) is 4.68 Å². The van der Waals surface area contributed by atoms with E-state index >= 15 is 0 Å². The second kappa shape index (κ2) is 8.70. The molecule has 2 N–H and O–H groups in total. The van der Waals surface area contributed by atoms with Crippen LogP contribution < -0.4 is 16.2 Å². The number of aryl methyl sites for hydroxylation is 1. The maximum absolute atomic E-state index is 12.5. The lowest BCUT2D eigenvalue weighted by Gasteiger charge is -2.35. The van der Waals surface area contributed by atoms with Crippen LogP contribution in [0.1, 0.15) is 38.2 Å². The fraction of sp³-hybridized carbons (Fsp3) is 0.304. The van der Waals surface area contributed by atoms with E-state index < -0.39 is 5.41 Å². The van der Waals surface area contributed by atoms with Gasteiger partial charge in [0.05, 0.1) is 17.3 Å². The Labute approximate surface area is 183 Å². The minimum Gasteiger partial charge on any atom is -0.326 e. The van der Waals surface area contributed by atoms with E-state index in [2.05, 4.69) is 20.9 Å². The molecule has 0 bridgehead atoms. The van der Waals surface area contributed by atoms with E-state index in [1.165, 1.54) is 4.68 Å². The molecule has 1 atom stereocenters. The SMILES string of the molecule is CCC1(c2ccc(NC(=O)CCn3nnc4ccccc4c3=O)cc2)CCC(=O)NC1=O. The van der Waals surface area contributed by atoms with E-state index in [9.17, 15) is 19.2 Å². The number of piperidine rings is 1. The number of amides is 3. The van der Waals surface area contributed by atoms with Crippen molar-refractivity contribution in [1.29, 1.82) is 0 Å². The topological polar surface area (TPSA) is 123 Å². The smallest absolute Gasteiger partial charge is 0.277 e. The van der Waals surface area contributed by atoms with Crippen LogP contribution in [0, 0.1) is 0 Å². The molecular weight excluding hydrogens is 410 g/mol. The first-order valence-electron chi connectivity index (χ1n) is 10.5. The summed E-state index contributed by atoms with van der Waals surface area (Å²) in [5, 5.41) is 13.6. The molecule has 2 heterocycles. The molecule has 1 aromatic heterocycles. The molecule has 9 heteroatoms. The van der Waals surface area contributed by atoms with Gasteiger partial charge in [-0.2, -0.15) is 0 Å². The van der Waals surface area contributed by atoms with Gasteiger partial charge in [-0.05, 0) is 42.7 Å². The minimum absolute atomic E-state index is 0.0537. The number of aromatic nitrogens is 3. The molecule has 4 rings (SSSR count). The van der Waals surface area contributed by atoms with Crippen LogP contribution in [-0.4, -0.2) is 32.7 Å². The van der Waals surface area contributed by atoms with E-state index in [0.29, 0.717) is 35.9 Å². The average Bonchev–Trinajstić information content (AvgIpc) is 2.80. The molecule has 164 valence electrons.